The SMILES string of the molecule is CCN(CC)C(C)c1c(O)ccc(Cl)c1Cl. The number of halogens is 2. The molecule has 0 bridgehead atoms. The summed E-state index contributed by atoms with van der Waals surface area (Å²) in [7, 11) is 0. The van der Waals surface area contributed by atoms with Crippen LogP contribution in [-0.4, -0.2) is 23.1 Å². The second kappa shape index (κ2) is 5.76. The molecule has 0 aromatic heterocycles. The summed E-state index contributed by atoms with van der Waals surface area (Å²) in [6.07, 6.45) is 0. The van der Waals surface area contributed by atoms with E-state index in [1.807, 2.05) is 6.92 Å². The van der Waals surface area contributed by atoms with Crippen LogP contribution in [0, 0.1) is 0 Å². The van der Waals surface area contributed by atoms with E-state index in [0.29, 0.717) is 15.6 Å². The molecule has 0 fully saturated rings. The molecular weight excluding hydrogens is 245 g/mol. The number of aromatic hydroxyl groups is 1. The molecule has 4 heteroatoms. The van der Waals surface area contributed by atoms with Gasteiger partial charge in [-0.3, -0.25) is 4.90 Å². The minimum Gasteiger partial charge on any atom is -0.508 e. The van der Waals surface area contributed by atoms with Crippen LogP contribution in [0.15, 0.2) is 12.1 Å². The Morgan fingerprint density at radius 3 is 2.31 bits per heavy atom. The highest BCUT2D eigenvalue weighted by atomic mass is 35.5. The van der Waals surface area contributed by atoms with Crippen molar-refractivity contribution in [2.45, 2.75) is 26.8 Å². The standard InChI is InChI=1S/C12H17Cl2NO/c1-4-15(5-2)8(3)11-10(16)7-6-9(13)12(11)14/h6-8,16H,4-5H2,1-3H3. The van der Waals surface area contributed by atoms with Crippen LogP contribution in [0.25, 0.3) is 0 Å². The van der Waals surface area contributed by atoms with E-state index < -0.39 is 0 Å². The normalized spacial score (nSPS) is 13.1. The minimum atomic E-state index is 0.0567. The number of phenolic OH excluding ortho intramolecular Hbond substituents is 1. The molecule has 0 spiro atoms. The maximum atomic E-state index is 9.86. The molecular formula is C12H17Cl2NO. The molecule has 1 atom stereocenters. The largest absolute Gasteiger partial charge is 0.508 e. The molecule has 1 aromatic rings. The van der Waals surface area contributed by atoms with Gasteiger partial charge >= 0.3 is 0 Å². The van der Waals surface area contributed by atoms with Gasteiger partial charge < -0.3 is 5.11 Å². The van der Waals surface area contributed by atoms with Gasteiger partial charge in [-0.1, -0.05) is 37.0 Å². The van der Waals surface area contributed by atoms with E-state index in [-0.39, 0.29) is 11.8 Å². The first-order chi connectivity index (χ1) is 7.52. The van der Waals surface area contributed by atoms with Gasteiger partial charge in [0.2, 0.25) is 0 Å². The Morgan fingerprint density at radius 2 is 1.81 bits per heavy atom. The second-order valence-electron chi connectivity index (χ2n) is 3.69. The Kier molecular flexibility index (Phi) is 4.90. The summed E-state index contributed by atoms with van der Waals surface area (Å²) in [6, 6.07) is 3.25. The molecule has 0 radical (unpaired) electrons. The van der Waals surface area contributed by atoms with Crippen molar-refractivity contribution in [3.63, 3.8) is 0 Å². The molecule has 2 nitrogen and oxygen atoms in total. The summed E-state index contributed by atoms with van der Waals surface area (Å²) in [6.45, 7) is 7.98. The van der Waals surface area contributed by atoms with Crippen molar-refractivity contribution < 1.29 is 5.11 Å². The number of hydrogen-bond donors (Lipinski definition) is 1. The van der Waals surface area contributed by atoms with Crippen LogP contribution in [0.4, 0.5) is 0 Å². The lowest BCUT2D eigenvalue weighted by atomic mass is 10.1. The van der Waals surface area contributed by atoms with Crippen molar-refractivity contribution in [2.24, 2.45) is 0 Å². The lowest BCUT2D eigenvalue weighted by Gasteiger charge is -2.28. The molecule has 0 saturated heterocycles. The fraction of sp³-hybridized carbons (Fsp3) is 0.500. The molecule has 0 amide bonds. The van der Waals surface area contributed by atoms with Crippen molar-refractivity contribution in [3.8, 4) is 5.75 Å². The molecule has 0 heterocycles. The van der Waals surface area contributed by atoms with Gasteiger partial charge in [0, 0.05) is 11.6 Å². The van der Waals surface area contributed by atoms with Crippen LogP contribution in [-0.2, 0) is 0 Å². The van der Waals surface area contributed by atoms with Crippen LogP contribution in [0.2, 0.25) is 10.0 Å². The zero-order valence-electron chi connectivity index (χ0n) is 9.80. The number of rotatable bonds is 4. The van der Waals surface area contributed by atoms with E-state index in [1.54, 1.807) is 12.1 Å². The Labute approximate surface area is 107 Å². The maximum Gasteiger partial charge on any atom is 0.121 e. The molecule has 0 aliphatic heterocycles. The quantitative estimate of drug-likeness (QED) is 0.882. The predicted molar refractivity (Wildman–Crippen MR) is 69.5 cm³/mol. The lowest BCUT2D eigenvalue weighted by Crippen LogP contribution is -2.26. The first-order valence-electron chi connectivity index (χ1n) is 5.43. The molecule has 1 aromatic carbocycles. The Bertz CT molecular complexity index is 364. The Morgan fingerprint density at radius 1 is 1.25 bits per heavy atom. The van der Waals surface area contributed by atoms with Gasteiger partial charge in [0.25, 0.3) is 0 Å². The van der Waals surface area contributed by atoms with Crippen LogP contribution >= 0.6 is 23.2 Å². The third-order valence-corrected chi connectivity index (χ3v) is 3.71. The second-order valence-corrected chi connectivity index (χ2v) is 4.48. The van der Waals surface area contributed by atoms with Crippen molar-refractivity contribution in [1.82, 2.24) is 4.90 Å². The summed E-state index contributed by atoms with van der Waals surface area (Å²) < 4.78 is 0. The van der Waals surface area contributed by atoms with Gasteiger partial charge in [-0.05, 0) is 32.1 Å². The number of nitrogens with zero attached hydrogens (tertiary/aromatic N) is 1. The van der Waals surface area contributed by atoms with E-state index in [1.165, 1.54) is 0 Å². The van der Waals surface area contributed by atoms with Crippen LogP contribution < -0.4 is 0 Å². The first-order valence-corrected chi connectivity index (χ1v) is 6.19. The van der Waals surface area contributed by atoms with Crippen molar-refractivity contribution in [3.05, 3.63) is 27.7 Å². The van der Waals surface area contributed by atoms with E-state index in [2.05, 4.69) is 18.7 Å². The van der Waals surface area contributed by atoms with Gasteiger partial charge in [-0.2, -0.15) is 0 Å². The van der Waals surface area contributed by atoms with Crippen LogP contribution in [0.5, 0.6) is 5.75 Å². The summed E-state index contributed by atoms with van der Waals surface area (Å²) in [5.41, 5.74) is 0.706. The zero-order chi connectivity index (χ0) is 12.3. The fourth-order valence-corrected chi connectivity index (χ4v) is 2.39. The third-order valence-electron chi connectivity index (χ3n) is 2.89. The molecule has 0 aliphatic rings. The monoisotopic (exact) mass is 261 g/mol. The van der Waals surface area contributed by atoms with E-state index in [9.17, 15) is 5.11 Å². The third kappa shape index (κ3) is 2.62. The highest BCUT2D eigenvalue weighted by Crippen LogP contribution is 2.38. The van der Waals surface area contributed by atoms with Crippen LogP contribution in [0.3, 0.4) is 0 Å². The Hall–Kier alpha value is -0.440. The summed E-state index contributed by atoms with van der Waals surface area (Å²) in [4.78, 5) is 2.21. The van der Waals surface area contributed by atoms with E-state index in [0.717, 1.165) is 13.1 Å². The maximum absolute atomic E-state index is 9.86. The smallest absolute Gasteiger partial charge is 0.121 e. The van der Waals surface area contributed by atoms with Gasteiger partial charge in [-0.25, -0.2) is 0 Å². The minimum absolute atomic E-state index is 0.0567. The summed E-state index contributed by atoms with van der Waals surface area (Å²) in [5.74, 6) is 0.203. The van der Waals surface area contributed by atoms with E-state index >= 15 is 0 Å². The number of phenols is 1. The van der Waals surface area contributed by atoms with Crippen molar-refractivity contribution >= 4 is 23.2 Å². The molecule has 16 heavy (non-hydrogen) atoms. The molecule has 0 aliphatic carbocycles. The average molecular weight is 262 g/mol. The fourth-order valence-electron chi connectivity index (χ4n) is 1.91. The average Bonchev–Trinajstić information content (AvgIpc) is 2.26. The van der Waals surface area contributed by atoms with Crippen molar-refractivity contribution in [1.29, 1.82) is 0 Å². The predicted octanol–water partition coefficient (Wildman–Crippen LogP) is 4.10. The molecule has 0 saturated carbocycles. The molecule has 1 rings (SSSR count). The Balaban J connectivity index is 3.16. The number of hydrogen-bond acceptors (Lipinski definition) is 2. The van der Waals surface area contributed by atoms with Gasteiger partial charge in [0.1, 0.15) is 5.75 Å². The first kappa shape index (κ1) is 13.6. The zero-order valence-corrected chi connectivity index (χ0v) is 11.3. The topological polar surface area (TPSA) is 23.5 Å². The highest BCUT2D eigenvalue weighted by molar-refractivity contribution is 6.42. The summed E-state index contributed by atoms with van der Waals surface area (Å²) >= 11 is 12.1. The highest BCUT2D eigenvalue weighted by Gasteiger charge is 2.20. The molecule has 1 unspecified atom stereocenters. The summed E-state index contributed by atoms with van der Waals surface area (Å²) in [5, 5.41) is 10.8. The molecule has 90 valence electrons. The lowest BCUT2D eigenvalue weighted by molar-refractivity contribution is 0.230. The van der Waals surface area contributed by atoms with Gasteiger partial charge in [0.15, 0.2) is 0 Å². The van der Waals surface area contributed by atoms with Crippen LogP contribution in [0.1, 0.15) is 32.4 Å². The van der Waals surface area contributed by atoms with Gasteiger partial charge in [-0.15, -0.1) is 0 Å². The van der Waals surface area contributed by atoms with Gasteiger partial charge in [0.05, 0.1) is 10.0 Å². The van der Waals surface area contributed by atoms with Crippen molar-refractivity contribution in [2.75, 3.05) is 13.1 Å². The number of benzene rings is 1. The van der Waals surface area contributed by atoms with E-state index in [4.69, 9.17) is 23.2 Å². The molecule has 1 N–H and O–H groups in total.